The lowest BCUT2D eigenvalue weighted by Crippen LogP contribution is -2.33. The minimum absolute atomic E-state index is 0.173. The fourth-order valence-corrected chi connectivity index (χ4v) is 2.06. The van der Waals surface area contributed by atoms with Gasteiger partial charge in [-0.2, -0.15) is 0 Å². The molecule has 0 atom stereocenters. The van der Waals surface area contributed by atoms with E-state index in [1.165, 1.54) is 6.07 Å². The number of ether oxygens (including phenoxy) is 1. The first-order chi connectivity index (χ1) is 11.0. The molecule has 0 unspecified atom stereocenters. The minimum Gasteiger partial charge on any atom is -0.489 e. The first-order valence-corrected chi connectivity index (χ1v) is 7.81. The first-order valence-electron chi connectivity index (χ1n) is 7.02. The number of hydrogen-bond acceptors (Lipinski definition) is 4. The number of hydrogen-bond donors (Lipinski definition) is 1. The predicted molar refractivity (Wildman–Crippen MR) is 90.0 cm³/mol. The third-order valence-electron chi connectivity index (χ3n) is 2.98. The number of carbonyl (C=O) groups excluding carboxylic acids is 1. The third kappa shape index (κ3) is 5.96. The van der Waals surface area contributed by atoms with E-state index in [1.54, 1.807) is 48.5 Å². The van der Waals surface area contributed by atoms with Crippen molar-refractivity contribution in [2.45, 2.75) is 0 Å². The van der Waals surface area contributed by atoms with Crippen molar-refractivity contribution in [1.82, 2.24) is 9.88 Å². The first kappa shape index (κ1) is 17.4. The number of rotatable bonds is 7. The van der Waals surface area contributed by atoms with Gasteiger partial charge in [-0.25, -0.2) is 9.37 Å². The van der Waals surface area contributed by atoms with Crippen molar-refractivity contribution in [2.24, 2.45) is 0 Å². The molecule has 2 rings (SSSR count). The molecular weight excluding hydrogens is 365 g/mol. The van der Waals surface area contributed by atoms with E-state index in [1.807, 2.05) is 0 Å². The summed E-state index contributed by atoms with van der Waals surface area (Å²) in [5.41, 5.74) is 0. The van der Waals surface area contributed by atoms with Gasteiger partial charge in [-0.1, -0.05) is 12.1 Å². The number of aromatic nitrogens is 1. The molecule has 0 aliphatic rings. The van der Waals surface area contributed by atoms with Crippen LogP contribution in [-0.4, -0.2) is 42.5 Å². The summed E-state index contributed by atoms with van der Waals surface area (Å²) in [4.78, 5) is 17.7. The van der Waals surface area contributed by atoms with Crippen LogP contribution in [0.15, 0.2) is 47.1 Å². The SMILES string of the molecule is CN(CCOc1ccccc1F)CC(=O)Nc1ccc(Br)cn1. The van der Waals surface area contributed by atoms with Gasteiger partial charge >= 0.3 is 0 Å². The largest absolute Gasteiger partial charge is 0.489 e. The highest BCUT2D eigenvalue weighted by molar-refractivity contribution is 9.10. The van der Waals surface area contributed by atoms with Gasteiger partial charge in [0.1, 0.15) is 12.4 Å². The Bertz CT molecular complexity index is 652. The Hall–Kier alpha value is -1.99. The van der Waals surface area contributed by atoms with E-state index in [0.29, 0.717) is 19.0 Å². The lowest BCUT2D eigenvalue weighted by atomic mass is 10.3. The fraction of sp³-hybridized carbons (Fsp3) is 0.250. The number of halogens is 2. The Morgan fingerprint density at radius 3 is 2.83 bits per heavy atom. The van der Waals surface area contributed by atoms with Crippen molar-refractivity contribution in [1.29, 1.82) is 0 Å². The Labute approximate surface area is 142 Å². The maximum Gasteiger partial charge on any atom is 0.239 e. The second-order valence-corrected chi connectivity index (χ2v) is 5.84. The van der Waals surface area contributed by atoms with Crippen LogP contribution < -0.4 is 10.1 Å². The number of benzene rings is 1. The van der Waals surface area contributed by atoms with Crippen molar-refractivity contribution in [3.8, 4) is 5.75 Å². The van der Waals surface area contributed by atoms with Crippen molar-refractivity contribution in [2.75, 3.05) is 32.1 Å². The van der Waals surface area contributed by atoms with Crippen LogP contribution >= 0.6 is 15.9 Å². The highest BCUT2D eigenvalue weighted by Crippen LogP contribution is 2.15. The molecule has 1 aromatic carbocycles. The highest BCUT2D eigenvalue weighted by atomic mass is 79.9. The van der Waals surface area contributed by atoms with Crippen molar-refractivity contribution in [3.05, 3.63) is 52.9 Å². The highest BCUT2D eigenvalue weighted by Gasteiger charge is 2.08. The van der Waals surface area contributed by atoms with Crippen LogP contribution in [0.4, 0.5) is 10.2 Å². The molecule has 0 aliphatic heterocycles. The Morgan fingerprint density at radius 1 is 1.35 bits per heavy atom. The molecule has 7 heteroatoms. The zero-order valence-electron chi connectivity index (χ0n) is 12.6. The number of pyridine rings is 1. The van der Waals surface area contributed by atoms with Crippen LogP contribution in [0.5, 0.6) is 5.75 Å². The maximum atomic E-state index is 13.4. The monoisotopic (exact) mass is 381 g/mol. The van der Waals surface area contributed by atoms with E-state index in [4.69, 9.17) is 4.74 Å². The standard InChI is InChI=1S/C16H17BrFN3O2/c1-21(8-9-23-14-5-3-2-4-13(14)18)11-16(22)20-15-7-6-12(17)10-19-15/h2-7,10H,8-9,11H2,1H3,(H,19,20,22). The summed E-state index contributed by atoms with van der Waals surface area (Å²) in [6, 6.07) is 9.74. The van der Waals surface area contributed by atoms with Gasteiger partial charge in [0, 0.05) is 17.2 Å². The molecule has 0 aliphatic carbocycles. The molecule has 1 N–H and O–H groups in total. The zero-order valence-corrected chi connectivity index (χ0v) is 14.2. The molecule has 1 amide bonds. The van der Waals surface area contributed by atoms with Gasteiger partial charge < -0.3 is 10.1 Å². The zero-order chi connectivity index (χ0) is 16.7. The molecule has 0 saturated carbocycles. The normalized spacial score (nSPS) is 10.6. The van der Waals surface area contributed by atoms with Gasteiger partial charge in [0.25, 0.3) is 0 Å². The van der Waals surface area contributed by atoms with Crippen molar-refractivity contribution >= 4 is 27.7 Å². The van der Waals surface area contributed by atoms with Gasteiger partial charge in [0.05, 0.1) is 6.54 Å². The van der Waals surface area contributed by atoms with Crippen LogP contribution in [0.2, 0.25) is 0 Å². The minimum atomic E-state index is -0.394. The summed E-state index contributed by atoms with van der Waals surface area (Å²) in [6.07, 6.45) is 1.61. The van der Waals surface area contributed by atoms with Crippen molar-refractivity contribution in [3.63, 3.8) is 0 Å². The van der Waals surface area contributed by atoms with E-state index in [9.17, 15) is 9.18 Å². The molecule has 0 saturated heterocycles. The molecule has 1 heterocycles. The molecule has 122 valence electrons. The lowest BCUT2D eigenvalue weighted by molar-refractivity contribution is -0.117. The summed E-state index contributed by atoms with van der Waals surface area (Å²) in [5.74, 6) is 0.140. The number of likely N-dealkylation sites (N-methyl/N-ethyl adjacent to an activating group) is 1. The average molecular weight is 382 g/mol. The van der Waals surface area contributed by atoms with E-state index in [0.717, 1.165) is 4.47 Å². The van der Waals surface area contributed by atoms with Gasteiger partial charge in [-0.15, -0.1) is 0 Å². The van der Waals surface area contributed by atoms with Crippen LogP contribution in [0, 0.1) is 5.82 Å². The molecule has 5 nitrogen and oxygen atoms in total. The average Bonchev–Trinajstić information content (AvgIpc) is 2.51. The molecule has 0 bridgehead atoms. The van der Waals surface area contributed by atoms with E-state index >= 15 is 0 Å². The van der Waals surface area contributed by atoms with E-state index in [-0.39, 0.29) is 18.2 Å². The van der Waals surface area contributed by atoms with E-state index in [2.05, 4.69) is 26.2 Å². The molecule has 0 radical (unpaired) electrons. The summed E-state index contributed by atoms with van der Waals surface area (Å²) >= 11 is 3.28. The van der Waals surface area contributed by atoms with Crippen LogP contribution in [0.25, 0.3) is 0 Å². The summed E-state index contributed by atoms with van der Waals surface area (Å²) < 4.78 is 19.6. The molecule has 1 aromatic heterocycles. The molecule has 2 aromatic rings. The van der Waals surface area contributed by atoms with Crippen molar-refractivity contribution < 1.29 is 13.9 Å². The summed E-state index contributed by atoms with van der Waals surface area (Å²) in [7, 11) is 1.79. The van der Waals surface area contributed by atoms with Crippen LogP contribution in [0.3, 0.4) is 0 Å². The molecular formula is C16H17BrFN3O2. The number of para-hydroxylation sites is 1. The van der Waals surface area contributed by atoms with Crippen LogP contribution in [0.1, 0.15) is 0 Å². The summed E-state index contributed by atoms with van der Waals surface area (Å²) in [6.45, 7) is 0.981. The maximum absolute atomic E-state index is 13.4. The van der Waals surface area contributed by atoms with Crippen LogP contribution in [-0.2, 0) is 4.79 Å². The Kier molecular flexibility index (Phi) is 6.49. The Morgan fingerprint density at radius 2 is 2.13 bits per heavy atom. The summed E-state index contributed by atoms with van der Waals surface area (Å²) in [5, 5.41) is 2.70. The Balaban J connectivity index is 1.71. The quantitative estimate of drug-likeness (QED) is 0.800. The van der Waals surface area contributed by atoms with Gasteiger partial charge in [0.2, 0.25) is 5.91 Å². The number of anilines is 1. The number of nitrogens with one attached hydrogen (secondary N) is 1. The van der Waals surface area contributed by atoms with Gasteiger partial charge in [-0.05, 0) is 47.2 Å². The second-order valence-electron chi connectivity index (χ2n) is 4.93. The fourth-order valence-electron chi connectivity index (χ4n) is 1.83. The number of nitrogens with zero attached hydrogens (tertiary/aromatic N) is 2. The molecule has 0 fully saturated rings. The number of carbonyl (C=O) groups is 1. The third-order valence-corrected chi connectivity index (χ3v) is 3.44. The molecule has 23 heavy (non-hydrogen) atoms. The lowest BCUT2D eigenvalue weighted by Gasteiger charge is -2.16. The van der Waals surface area contributed by atoms with Gasteiger partial charge in [-0.3, -0.25) is 9.69 Å². The smallest absolute Gasteiger partial charge is 0.239 e. The second kappa shape index (κ2) is 8.59. The van der Waals surface area contributed by atoms with Gasteiger partial charge in [0.15, 0.2) is 11.6 Å². The molecule has 0 spiro atoms. The number of amides is 1. The topological polar surface area (TPSA) is 54.5 Å². The van der Waals surface area contributed by atoms with E-state index < -0.39 is 5.82 Å². The predicted octanol–water partition coefficient (Wildman–Crippen LogP) is 2.93.